The van der Waals surface area contributed by atoms with Crippen molar-refractivity contribution in [2.75, 3.05) is 13.1 Å². The van der Waals surface area contributed by atoms with E-state index in [4.69, 9.17) is 0 Å². The van der Waals surface area contributed by atoms with Crippen LogP contribution >= 0.6 is 0 Å². The van der Waals surface area contributed by atoms with Crippen molar-refractivity contribution in [1.82, 2.24) is 4.90 Å². The number of aryl methyl sites for hydroxylation is 1. The normalized spacial score (nSPS) is 10.3. The van der Waals surface area contributed by atoms with E-state index in [-0.39, 0.29) is 5.91 Å². The number of carbonyl (C=O) groups excluding carboxylic acids is 1. The lowest BCUT2D eigenvalue weighted by molar-refractivity contribution is 0.0773. The van der Waals surface area contributed by atoms with E-state index < -0.39 is 0 Å². The molecule has 104 valence electrons. The third kappa shape index (κ3) is 2.90. The zero-order valence-corrected chi connectivity index (χ0v) is 12.4. The maximum Gasteiger partial charge on any atom is 0.254 e. The number of hydrogen-bond acceptors (Lipinski definition) is 1. The Morgan fingerprint density at radius 3 is 2.25 bits per heavy atom. The fraction of sp³-hybridized carbons (Fsp3) is 0.278. The lowest BCUT2D eigenvalue weighted by Crippen LogP contribution is -2.30. The summed E-state index contributed by atoms with van der Waals surface area (Å²) in [4.78, 5) is 14.5. The van der Waals surface area contributed by atoms with E-state index >= 15 is 0 Å². The largest absolute Gasteiger partial charge is 0.339 e. The standard InChI is InChI=1S/C18H21NO/c1-4-19(5-2)18(20)17-13-14(3)11-12-16(17)15-9-7-6-8-10-15/h6-13H,4-5H2,1-3H3. The van der Waals surface area contributed by atoms with Crippen LogP contribution < -0.4 is 0 Å². The van der Waals surface area contributed by atoms with Crippen LogP contribution in [0.15, 0.2) is 48.5 Å². The summed E-state index contributed by atoms with van der Waals surface area (Å²) in [6, 6.07) is 16.2. The Kier molecular flexibility index (Phi) is 4.57. The van der Waals surface area contributed by atoms with Gasteiger partial charge in [-0.25, -0.2) is 0 Å². The van der Waals surface area contributed by atoms with Crippen molar-refractivity contribution >= 4 is 5.91 Å². The highest BCUT2D eigenvalue weighted by atomic mass is 16.2. The lowest BCUT2D eigenvalue weighted by atomic mass is 9.97. The first kappa shape index (κ1) is 14.3. The highest BCUT2D eigenvalue weighted by Crippen LogP contribution is 2.25. The summed E-state index contributed by atoms with van der Waals surface area (Å²) in [7, 11) is 0. The average molecular weight is 267 g/mol. The summed E-state index contributed by atoms with van der Waals surface area (Å²) in [6.45, 7) is 7.52. The molecule has 0 saturated carbocycles. The van der Waals surface area contributed by atoms with Crippen LogP contribution in [0.5, 0.6) is 0 Å². The summed E-state index contributed by atoms with van der Waals surface area (Å²) in [6.07, 6.45) is 0. The molecule has 0 unspecified atom stereocenters. The highest BCUT2D eigenvalue weighted by molar-refractivity contribution is 6.01. The van der Waals surface area contributed by atoms with Gasteiger partial charge in [0.2, 0.25) is 0 Å². The minimum atomic E-state index is 0.109. The van der Waals surface area contributed by atoms with Crippen LogP contribution in [-0.4, -0.2) is 23.9 Å². The Morgan fingerprint density at radius 1 is 1.00 bits per heavy atom. The third-order valence-corrected chi connectivity index (χ3v) is 3.54. The number of amides is 1. The summed E-state index contributed by atoms with van der Waals surface area (Å²) in [5, 5.41) is 0. The molecule has 0 aliphatic rings. The van der Waals surface area contributed by atoms with Gasteiger partial charge >= 0.3 is 0 Å². The number of hydrogen-bond donors (Lipinski definition) is 0. The molecule has 2 aromatic rings. The second-order valence-electron chi connectivity index (χ2n) is 4.89. The molecule has 2 aromatic carbocycles. The number of carbonyl (C=O) groups is 1. The molecule has 2 rings (SSSR count). The maximum absolute atomic E-state index is 12.7. The highest BCUT2D eigenvalue weighted by Gasteiger charge is 2.17. The molecule has 0 aromatic heterocycles. The molecule has 2 nitrogen and oxygen atoms in total. The first-order valence-corrected chi connectivity index (χ1v) is 7.12. The van der Waals surface area contributed by atoms with Crippen molar-refractivity contribution < 1.29 is 4.79 Å². The molecule has 0 N–H and O–H groups in total. The van der Waals surface area contributed by atoms with Gasteiger partial charge < -0.3 is 4.90 Å². The van der Waals surface area contributed by atoms with Gasteiger partial charge in [-0.15, -0.1) is 0 Å². The van der Waals surface area contributed by atoms with E-state index in [2.05, 4.69) is 6.07 Å². The van der Waals surface area contributed by atoms with E-state index in [9.17, 15) is 4.79 Å². The molecule has 1 amide bonds. The zero-order chi connectivity index (χ0) is 14.5. The second-order valence-corrected chi connectivity index (χ2v) is 4.89. The molecule has 0 bridgehead atoms. The van der Waals surface area contributed by atoms with E-state index in [1.54, 1.807) is 0 Å². The monoisotopic (exact) mass is 267 g/mol. The molecule has 0 atom stereocenters. The van der Waals surface area contributed by atoms with Crippen LogP contribution in [0.25, 0.3) is 11.1 Å². The van der Waals surface area contributed by atoms with Gasteiger partial charge in [0.05, 0.1) is 0 Å². The number of nitrogens with zero attached hydrogens (tertiary/aromatic N) is 1. The molecule has 2 heteroatoms. The van der Waals surface area contributed by atoms with E-state index in [1.807, 2.05) is 68.1 Å². The van der Waals surface area contributed by atoms with Gasteiger partial charge in [0, 0.05) is 18.7 Å². The first-order valence-electron chi connectivity index (χ1n) is 7.12. The molecule has 0 aliphatic heterocycles. The van der Waals surface area contributed by atoms with Crippen LogP contribution in [-0.2, 0) is 0 Å². The smallest absolute Gasteiger partial charge is 0.254 e. The van der Waals surface area contributed by atoms with Gasteiger partial charge in [-0.05, 0) is 38.0 Å². The number of benzene rings is 2. The second kappa shape index (κ2) is 6.38. The van der Waals surface area contributed by atoms with Crippen molar-refractivity contribution in [2.45, 2.75) is 20.8 Å². The van der Waals surface area contributed by atoms with Gasteiger partial charge in [0.15, 0.2) is 0 Å². The fourth-order valence-electron chi connectivity index (χ4n) is 2.39. The lowest BCUT2D eigenvalue weighted by Gasteiger charge is -2.21. The van der Waals surface area contributed by atoms with Crippen LogP contribution in [0.4, 0.5) is 0 Å². The van der Waals surface area contributed by atoms with Crippen molar-refractivity contribution in [2.24, 2.45) is 0 Å². The molecule has 0 fully saturated rings. The summed E-state index contributed by atoms with van der Waals surface area (Å²) in [5.41, 5.74) is 4.00. The topological polar surface area (TPSA) is 20.3 Å². The molecule has 0 aliphatic carbocycles. The van der Waals surface area contributed by atoms with Crippen LogP contribution in [0.2, 0.25) is 0 Å². The Bertz CT molecular complexity index is 586. The molecular weight excluding hydrogens is 246 g/mol. The fourth-order valence-corrected chi connectivity index (χ4v) is 2.39. The van der Waals surface area contributed by atoms with Crippen molar-refractivity contribution in [3.8, 4) is 11.1 Å². The third-order valence-electron chi connectivity index (χ3n) is 3.54. The van der Waals surface area contributed by atoms with Gasteiger partial charge in [-0.1, -0.05) is 48.0 Å². The summed E-state index contributed by atoms with van der Waals surface area (Å²) >= 11 is 0. The van der Waals surface area contributed by atoms with E-state index in [1.165, 1.54) is 0 Å². The quantitative estimate of drug-likeness (QED) is 0.815. The molecular formula is C18H21NO. The number of rotatable bonds is 4. The van der Waals surface area contributed by atoms with Crippen molar-refractivity contribution in [3.05, 3.63) is 59.7 Å². The predicted molar refractivity (Wildman–Crippen MR) is 83.9 cm³/mol. The van der Waals surface area contributed by atoms with Crippen LogP contribution in [0, 0.1) is 6.92 Å². The zero-order valence-electron chi connectivity index (χ0n) is 12.4. The molecule has 0 saturated heterocycles. The van der Waals surface area contributed by atoms with Gasteiger partial charge in [-0.3, -0.25) is 4.79 Å². The Labute approximate surface area is 121 Å². The first-order chi connectivity index (χ1) is 9.67. The maximum atomic E-state index is 12.7. The Morgan fingerprint density at radius 2 is 1.65 bits per heavy atom. The predicted octanol–water partition coefficient (Wildman–Crippen LogP) is 4.14. The minimum absolute atomic E-state index is 0.109. The molecule has 0 spiro atoms. The van der Waals surface area contributed by atoms with Crippen molar-refractivity contribution in [1.29, 1.82) is 0 Å². The van der Waals surface area contributed by atoms with E-state index in [0.717, 1.165) is 35.3 Å². The summed E-state index contributed by atoms with van der Waals surface area (Å²) < 4.78 is 0. The SMILES string of the molecule is CCN(CC)C(=O)c1cc(C)ccc1-c1ccccc1. The molecule has 20 heavy (non-hydrogen) atoms. The Balaban J connectivity index is 2.52. The van der Waals surface area contributed by atoms with E-state index in [0.29, 0.717) is 0 Å². The summed E-state index contributed by atoms with van der Waals surface area (Å²) in [5.74, 6) is 0.109. The van der Waals surface area contributed by atoms with Gasteiger partial charge in [-0.2, -0.15) is 0 Å². The van der Waals surface area contributed by atoms with Gasteiger partial charge in [0.1, 0.15) is 0 Å². The Hall–Kier alpha value is -2.09. The minimum Gasteiger partial charge on any atom is -0.339 e. The van der Waals surface area contributed by atoms with Crippen molar-refractivity contribution in [3.63, 3.8) is 0 Å². The molecule has 0 radical (unpaired) electrons. The van der Waals surface area contributed by atoms with Crippen LogP contribution in [0.1, 0.15) is 29.8 Å². The average Bonchev–Trinajstić information content (AvgIpc) is 2.49. The van der Waals surface area contributed by atoms with Crippen LogP contribution in [0.3, 0.4) is 0 Å². The van der Waals surface area contributed by atoms with Gasteiger partial charge in [0.25, 0.3) is 5.91 Å². The molecule has 0 heterocycles.